The Bertz CT molecular complexity index is 466. The fourth-order valence-electron chi connectivity index (χ4n) is 0.845. The average Bonchev–Trinajstić information content (AvgIpc) is 2.36. The van der Waals surface area contributed by atoms with Crippen LogP contribution in [0, 0.1) is 0 Å². The van der Waals surface area contributed by atoms with Crippen molar-refractivity contribution in [2.45, 2.75) is 42.6 Å². The van der Waals surface area contributed by atoms with Crippen molar-refractivity contribution < 1.29 is 71.0 Å². The molecule has 144 valence electrons. The van der Waals surface area contributed by atoms with E-state index in [4.69, 9.17) is 0 Å². The van der Waals surface area contributed by atoms with Crippen molar-refractivity contribution in [3.8, 4) is 0 Å². The van der Waals surface area contributed by atoms with Gasteiger partial charge in [0.15, 0.2) is 0 Å². The summed E-state index contributed by atoms with van der Waals surface area (Å²) in [5.41, 5.74) is 0. The molecular formula is C8H2F14O2. The van der Waals surface area contributed by atoms with Gasteiger partial charge in [-0.15, -0.1) is 0 Å². The minimum absolute atomic E-state index is 2.10. The van der Waals surface area contributed by atoms with Crippen LogP contribution in [0.5, 0.6) is 0 Å². The van der Waals surface area contributed by atoms with Crippen molar-refractivity contribution in [3.05, 3.63) is 0 Å². The van der Waals surface area contributed by atoms with Gasteiger partial charge in [0.25, 0.3) is 0 Å². The predicted octanol–water partition coefficient (Wildman–Crippen LogP) is 4.19. The molecule has 0 aliphatic carbocycles. The van der Waals surface area contributed by atoms with Crippen molar-refractivity contribution in [1.29, 1.82) is 0 Å². The number of hydrogen-bond acceptors (Lipinski definition) is 2. The number of ether oxygens (including phenoxy) is 1. The summed E-state index contributed by atoms with van der Waals surface area (Å²) in [6.45, 7) is 0. The molecule has 0 N–H and O–H groups in total. The van der Waals surface area contributed by atoms with E-state index in [1.165, 1.54) is 0 Å². The molecule has 0 aromatic rings. The third-order valence-corrected chi connectivity index (χ3v) is 2.22. The van der Waals surface area contributed by atoms with Crippen LogP contribution >= 0.6 is 0 Å². The van der Waals surface area contributed by atoms with Crippen LogP contribution in [0.2, 0.25) is 0 Å². The zero-order valence-corrected chi connectivity index (χ0v) is 10.3. The second-order valence-corrected chi connectivity index (χ2v) is 3.91. The third-order valence-electron chi connectivity index (χ3n) is 2.22. The highest BCUT2D eigenvalue weighted by Crippen LogP contribution is 2.48. The Balaban J connectivity index is 5.53. The van der Waals surface area contributed by atoms with E-state index in [2.05, 4.69) is 4.74 Å². The molecule has 0 spiro atoms. The largest absolute Gasteiger partial charge is 0.460 e. The summed E-state index contributed by atoms with van der Waals surface area (Å²) in [5, 5.41) is 0. The summed E-state index contributed by atoms with van der Waals surface area (Å²) in [7, 11) is 0. The fraction of sp³-hybridized carbons (Fsp3) is 0.875. The molecule has 0 aromatic carbocycles. The molecule has 0 radical (unpaired) electrons. The van der Waals surface area contributed by atoms with Gasteiger partial charge in [0, 0.05) is 0 Å². The number of halogens is 14. The van der Waals surface area contributed by atoms with E-state index < -0.39 is 48.6 Å². The van der Waals surface area contributed by atoms with E-state index in [-0.39, 0.29) is 0 Å². The molecule has 0 saturated carbocycles. The highest BCUT2D eigenvalue weighted by molar-refractivity contribution is 5.79. The first-order chi connectivity index (χ1) is 10.2. The molecule has 1 unspecified atom stereocenters. The van der Waals surface area contributed by atoms with Gasteiger partial charge in [-0.05, 0) is 0 Å². The van der Waals surface area contributed by atoms with Gasteiger partial charge < -0.3 is 4.74 Å². The predicted molar refractivity (Wildman–Crippen MR) is 42.8 cm³/mol. The zero-order chi connectivity index (χ0) is 19.9. The van der Waals surface area contributed by atoms with Crippen LogP contribution in [0.25, 0.3) is 0 Å². The van der Waals surface area contributed by atoms with Crippen LogP contribution in [0.15, 0.2) is 0 Å². The lowest BCUT2D eigenvalue weighted by atomic mass is 10.1. The Morgan fingerprint density at radius 1 is 0.708 bits per heavy atom. The topological polar surface area (TPSA) is 26.3 Å². The first-order valence-electron chi connectivity index (χ1n) is 4.95. The standard InChI is InChI=1S/C8H2F14O2/c9-1(10)4(12,13)5(14,15)2(11)24-3(23)6(16,17)7(18,19)8(20,21)22/h1-2H. The number of hydrogen-bond donors (Lipinski definition) is 0. The van der Waals surface area contributed by atoms with Crippen molar-refractivity contribution >= 4 is 5.97 Å². The highest BCUT2D eigenvalue weighted by atomic mass is 19.4. The summed E-state index contributed by atoms with van der Waals surface area (Å²) in [5.74, 6) is -32.0. The molecule has 0 amide bonds. The van der Waals surface area contributed by atoms with E-state index in [1.807, 2.05) is 0 Å². The van der Waals surface area contributed by atoms with E-state index in [0.29, 0.717) is 0 Å². The summed E-state index contributed by atoms with van der Waals surface area (Å²) < 4.78 is 173. The minimum atomic E-state index is -7.27. The van der Waals surface area contributed by atoms with Crippen LogP contribution in [0.1, 0.15) is 0 Å². The van der Waals surface area contributed by atoms with Gasteiger partial charge in [-0.2, -0.15) is 52.7 Å². The third kappa shape index (κ3) is 3.45. The van der Waals surface area contributed by atoms with Crippen molar-refractivity contribution in [2.75, 3.05) is 0 Å². The molecule has 0 fully saturated rings. The van der Waals surface area contributed by atoms with Crippen LogP contribution in [-0.4, -0.2) is 48.6 Å². The van der Waals surface area contributed by atoms with E-state index in [1.54, 1.807) is 0 Å². The van der Waals surface area contributed by atoms with Gasteiger partial charge in [0.1, 0.15) is 0 Å². The van der Waals surface area contributed by atoms with Crippen molar-refractivity contribution in [1.82, 2.24) is 0 Å². The summed E-state index contributed by atoms with van der Waals surface area (Å²) in [6.07, 6.45) is -17.9. The second-order valence-electron chi connectivity index (χ2n) is 3.91. The molecule has 16 heteroatoms. The maximum atomic E-state index is 12.6. The molecule has 0 aliphatic heterocycles. The van der Waals surface area contributed by atoms with Gasteiger partial charge in [-0.25, -0.2) is 13.6 Å². The average molecular weight is 396 g/mol. The molecule has 2 nitrogen and oxygen atoms in total. The number of carbonyl (C=O) groups is 1. The smallest absolute Gasteiger partial charge is 0.419 e. The van der Waals surface area contributed by atoms with Gasteiger partial charge in [0.2, 0.25) is 0 Å². The molecule has 1 atom stereocenters. The molecule has 0 aliphatic rings. The first kappa shape index (κ1) is 22.5. The lowest BCUT2D eigenvalue weighted by Gasteiger charge is -2.30. The highest BCUT2D eigenvalue weighted by Gasteiger charge is 2.78. The van der Waals surface area contributed by atoms with E-state index in [0.717, 1.165) is 0 Å². The lowest BCUT2D eigenvalue weighted by molar-refractivity contribution is -0.357. The molecule has 24 heavy (non-hydrogen) atoms. The maximum Gasteiger partial charge on any atom is 0.460 e. The summed E-state index contributed by atoms with van der Waals surface area (Å²) in [6, 6.07) is 0. The van der Waals surface area contributed by atoms with Gasteiger partial charge in [-0.3, -0.25) is 0 Å². The Morgan fingerprint density at radius 2 is 1.08 bits per heavy atom. The quantitative estimate of drug-likeness (QED) is 0.497. The normalized spacial score (nSPS) is 16.3. The van der Waals surface area contributed by atoms with Gasteiger partial charge in [0.05, 0.1) is 0 Å². The molecule has 0 bridgehead atoms. The molecular weight excluding hydrogens is 394 g/mol. The Labute approximate surface area is 121 Å². The molecule has 0 saturated heterocycles. The lowest BCUT2D eigenvalue weighted by Crippen LogP contribution is -2.59. The SMILES string of the molecule is O=C(OC(F)C(F)(F)C(F)(F)C(F)F)C(F)(F)C(F)(F)C(F)(F)F. The van der Waals surface area contributed by atoms with Crippen molar-refractivity contribution in [3.63, 3.8) is 0 Å². The van der Waals surface area contributed by atoms with E-state index in [9.17, 15) is 66.3 Å². The Hall–Kier alpha value is -1.51. The summed E-state index contributed by atoms with van der Waals surface area (Å²) in [4.78, 5) is 10.4. The molecule has 0 heterocycles. The van der Waals surface area contributed by atoms with E-state index >= 15 is 0 Å². The van der Waals surface area contributed by atoms with Crippen LogP contribution in [-0.2, 0) is 9.53 Å². The number of rotatable bonds is 6. The first-order valence-corrected chi connectivity index (χ1v) is 4.95. The Kier molecular flexibility index (Phi) is 5.71. The Morgan fingerprint density at radius 3 is 1.38 bits per heavy atom. The van der Waals surface area contributed by atoms with Gasteiger partial charge >= 0.3 is 48.6 Å². The van der Waals surface area contributed by atoms with Crippen LogP contribution < -0.4 is 0 Å². The minimum Gasteiger partial charge on any atom is -0.419 e. The van der Waals surface area contributed by atoms with Crippen LogP contribution in [0.4, 0.5) is 61.5 Å². The molecule has 0 rings (SSSR count). The summed E-state index contributed by atoms with van der Waals surface area (Å²) >= 11 is 0. The zero-order valence-electron chi connectivity index (χ0n) is 10.3. The number of carbonyl (C=O) groups excluding carboxylic acids is 1. The monoisotopic (exact) mass is 396 g/mol. The fourth-order valence-corrected chi connectivity index (χ4v) is 0.845. The maximum absolute atomic E-state index is 12.6. The van der Waals surface area contributed by atoms with Crippen molar-refractivity contribution in [2.24, 2.45) is 0 Å². The second kappa shape index (κ2) is 6.09. The number of esters is 1. The molecule has 0 aromatic heterocycles. The van der Waals surface area contributed by atoms with Crippen LogP contribution in [0.3, 0.4) is 0 Å². The number of alkyl halides is 14. The van der Waals surface area contributed by atoms with Gasteiger partial charge in [-0.1, -0.05) is 0 Å².